The normalized spacial score (nSPS) is 18.8. The van der Waals surface area contributed by atoms with Crippen LogP contribution < -0.4 is 20.1 Å². The zero-order valence-corrected chi connectivity index (χ0v) is 27.0. The lowest BCUT2D eigenvalue weighted by atomic mass is 9.95. The average molecular weight is 646 g/mol. The molecule has 0 unspecified atom stereocenters. The number of nitrogens with zero attached hydrogens (tertiary/aromatic N) is 5. The molecule has 2 aliphatic rings. The molecule has 0 aliphatic carbocycles. The van der Waals surface area contributed by atoms with E-state index in [0.717, 1.165) is 11.3 Å². The van der Waals surface area contributed by atoms with Crippen LogP contribution in [0.3, 0.4) is 0 Å². The number of benzene rings is 2. The van der Waals surface area contributed by atoms with Gasteiger partial charge in [-0.3, -0.25) is 23.9 Å². The summed E-state index contributed by atoms with van der Waals surface area (Å²) in [5.74, 6) is -0.323. The summed E-state index contributed by atoms with van der Waals surface area (Å²) in [6.07, 6.45) is 4.41. The minimum atomic E-state index is -0.889. The number of fused-ring (bicyclic) bond motifs is 3. The van der Waals surface area contributed by atoms with E-state index >= 15 is 0 Å². The van der Waals surface area contributed by atoms with Crippen LogP contribution in [-0.4, -0.2) is 101 Å². The molecule has 1 atom stereocenters. The van der Waals surface area contributed by atoms with Gasteiger partial charge in [0.2, 0.25) is 17.7 Å². The van der Waals surface area contributed by atoms with Gasteiger partial charge in [0.05, 0.1) is 25.0 Å². The first-order chi connectivity index (χ1) is 22.8. The Labute approximate surface area is 274 Å². The van der Waals surface area contributed by atoms with Crippen LogP contribution in [0.25, 0.3) is 0 Å². The SMILES string of the molecule is COc1cccc2c1OCCCn1cc(nn1)CCN(C(=O)C1CCN(C(C)=O)CC1)CCNC(=O)[C@H](Cc1ccccc1)NC2=O. The van der Waals surface area contributed by atoms with Gasteiger partial charge in [0.25, 0.3) is 5.91 Å². The van der Waals surface area contributed by atoms with Crippen molar-refractivity contribution in [2.24, 2.45) is 5.92 Å². The van der Waals surface area contributed by atoms with Crippen LogP contribution in [0.5, 0.6) is 11.5 Å². The minimum absolute atomic E-state index is 0.00224. The topological polar surface area (TPSA) is 148 Å². The number of hydrogen-bond donors (Lipinski definition) is 2. The van der Waals surface area contributed by atoms with E-state index in [1.165, 1.54) is 7.11 Å². The molecular weight excluding hydrogens is 602 g/mol. The number of rotatable bonds is 4. The van der Waals surface area contributed by atoms with Gasteiger partial charge in [-0.15, -0.1) is 5.10 Å². The second-order valence-electron chi connectivity index (χ2n) is 11.9. The third-order valence-corrected chi connectivity index (χ3v) is 8.63. The third kappa shape index (κ3) is 8.87. The number of carbonyl (C=O) groups excluding carboxylic acids is 4. The zero-order valence-electron chi connectivity index (χ0n) is 27.0. The highest BCUT2D eigenvalue weighted by atomic mass is 16.5. The lowest BCUT2D eigenvalue weighted by Gasteiger charge is -2.34. The van der Waals surface area contributed by atoms with Crippen LogP contribution in [0.1, 0.15) is 47.8 Å². The van der Waals surface area contributed by atoms with Crippen molar-refractivity contribution in [3.63, 3.8) is 0 Å². The summed E-state index contributed by atoms with van der Waals surface area (Å²) in [5.41, 5.74) is 1.89. The van der Waals surface area contributed by atoms with Crippen molar-refractivity contribution in [3.05, 3.63) is 71.5 Å². The lowest BCUT2D eigenvalue weighted by Crippen LogP contribution is -2.50. The van der Waals surface area contributed by atoms with Crippen LogP contribution >= 0.6 is 0 Å². The van der Waals surface area contributed by atoms with Gasteiger partial charge >= 0.3 is 0 Å². The molecule has 13 nitrogen and oxygen atoms in total. The number of aryl methyl sites for hydroxylation is 1. The molecule has 1 saturated heterocycles. The number of piperidine rings is 1. The molecule has 0 spiro atoms. The van der Waals surface area contributed by atoms with Gasteiger partial charge in [-0.05, 0) is 30.5 Å². The highest BCUT2D eigenvalue weighted by molar-refractivity contribution is 6.00. The Morgan fingerprint density at radius 1 is 0.979 bits per heavy atom. The molecule has 1 aromatic heterocycles. The molecule has 0 radical (unpaired) electrons. The molecule has 250 valence electrons. The van der Waals surface area contributed by atoms with Crippen molar-refractivity contribution in [1.29, 1.82) is 0 Å². The molecule has 3 heterocycles. The Balaban J connectivity index is 1.37. The highest BCUT2D eigenvalue weighted by Gasteiger charge is 2.30. The Morgan fingerprint density at radius 2 is 1.77 bits per heavy atom. The number of carbonyl (C=O) groups is 4. The maximum atomic E-state index is 13.7. The smallest absolute Gasteiger partial charge is 0.255 e. The van der Waals surface area contributed by atoms with Gasteiger partial charge in [0.1, 0.15) is 6.04 Å². The van der Waals surface area contributed by atoms with Crippen LogP contribution in [0.4, 0.5) is 0 Å². The fraction of sp³-hybridized carbons (Fsp3) is 0.471. The first-order valence-electron chi connectivity index (χ1n) is 16.2. The van der Waals surface area contributed by atoms with Gasteiger partial charge in [0, 0.05) is 77.6 Å². The second-order valence-corrected chi connectivity index (χ2v) is 11.9. The molecule has 2 aromatic carbocycles. The zero-order chi connectivity index (χ0) is 33.2. The molecule has 3 aromatic rings. The van der Waals surface area contributed by atoms with E-state index in [1.807, 2.05) is 36.5 Å². The van der Waals surface area contributed by atoms with Gasteiger partial charge in [0.15, 0.2) is 11.5 Å². The summed E-state index contributed by atoms with van der Waals surface area (Å²) < 4.78 is 13.3. The van der Waals surface area contributed by atoms with Crippen molar-refractivity contribution in [1.82, 2.24) is 35.4 Å². The van der Waals surface area contributed by atoms with Crippen molar-refractivity contribution in [2.75, 3.05) is 46.4 Å². The number of para-hydroxylation sites is 1. The Kier molecular flexibility index (Phi) is 11.4. The largest absolute Gasteiger partial charge is 0.493 e. The summed E-state index contributed by atoms with van der Waals surface area (Å²) in [5, 5.41) is 14.4. The summed E-state index contributed by atoms with van der Waals surface area (Å²) in [6.45, 7) is 4.35. The second kappa shape index (κ2) is 16.1. The predicted molar refractivity (Wildman–Crippen MR) is 173 cm³/mol. The van der Waals surface area contributed by atoms with Crippen molar-refractivity contribution >= 4 is 23.6 Å². The number of methoxy groups -OCH3 is 1. The van der Waals surface area contributed by atoms with E-state index in [0.29, 0.717) is 63.4 Å². The summed E-state index contributed by atoms with van der Waals surface area (Å²) in [7, 11) is 1.51. The van der Waals surface area contributed by atoms with E-state index in [-0.39, 0.29) is 55.3 Å². The maximum Gasteiger partial charge on any atom is 0.255 e. The Hall–Kier alpha value is -4.94. The van der Waals surface area contributed by atoms with E-state index in [1.54, 1.807) is 39.6 Å². The van der Waals surface area contributed by atoms with E-state index in [4.69, 9.17) is 9.47 Å². The monoisotopic (exact) mass is 645 g/mol. The molecule has 13 heteroatoms. The molecule has 5 rings (SSSR count). The number of nitrogens with one attached hydrogen (secondary N) is 2. The van der Waals surface area contributed by atoms with Crippen LogP contribution in [0.15, 0.2) is 54.7 Å². The number of amides is 4. The standard InChI is InChI=1S/C34H43N7O6/c1-24(42)39-17-12-26(13-18-39)34(45)40-19-14-27-23-41(38-37-27)16-7-21-47-31-28(10-6-11-30(31)46-2)32(43)36-29(33(44)35-15-20-40)22-25-8-4-3-5-9-25/h3-6,8-11,23,26,29H,7,12-22H2,1-2H3,(H,35,44)(H,36,43)/t29-/m0/s1. The quantitative estimate of drug-likeness (QED) is 0.437. The summed E-state index contributed by atoms with van der Waals surface area (Å²) >= 11 is 0. The van der Waals surface area contributed by atoms with Crippen molar-refractivity contribution < 1.29 is 28.7 Å². The van der Waals surface area contributed by atoms with Gasteiger partial charge in [-0.25, -0.2) is 0 Å². The number of ether oxygens (including phenoxy) is 2. The maximum absolute atomic E-state index is 13.7. The third-order valence-electron chi connectivity index (χ3n) is 8.63. The first kappa shape index (κ1) is 33.4. The van der Waals surface area contributed by atoms with E-state index in [2.05, 4.69) is 20.9 Å². The van der Waals surface area contributed by atoms with E-state index < -0.39 is 11.9 Å². The number of hydrogen-bond acceptors (Lipinski definition) is 8. The molecule has 1 fully saturated rings. The lowest BCUT2D eigenvalue weighted by molar-refractivity contribution is -0.140. The molecular formula is C34H43N7O6. The van der Waals surface area contributed by atoms with Crippen LogP contribution in [-0.2, 0) is 33.8 Å². The molecule has 2 bridgehead atoms. The highest BCUT2D eigenvalue weighted by Crippen LogP contribution is 2.31. The van der Waals surface area contributed by atoms with E-state index in [9.17, 15) is 19.2 Å². The first-order valence-corrected chi connectivity index (χ1v) is 16.2. The average Bonchev–Trinajstić information content (AvgIpc) is 3.55. The Morgan fingerprint density at radius 3 is 2.51 bits per heavy atom. The predicted octanol–water partition coefficient (Wildman–Crippen LogP) is 1.86. The molecule has 47 heavy (non-hydrogen) atoms. The van der Waals surface area contributed by atoms with Gasteiger partial charge in [-0.1, -0.05) is 41.6 Å². The van der Waals surface area contributed by atoms with Crippen LogP contribution in [0.2, 0.25) is 0 Å². The van der Waals surface area contributed by atoms with Crippen molar-refractivity contribution in [2.45, 2.75) is 51.6 Å². The minimum Gasteiger partial charge on any atom is -0.493 e. The molecule has 0 saturated carbocycles. The van der Waals surface area contributed by atoms with Crippen molar-refractivity contribution in [3.8, 4) is 11.5 Å². The molecule has 4 amide bonds. The van der Waals surface area contributed by atoms with Crippen LogP contribution in [0, 0.1) is 5.92 Å². The fourth-order valence-corrected chi connectivity index (χ4v) is 5.98. The van der Waals surface area contributed by atoms with Gasteiger partial charge < -0.3 is 29.9 Å². The molecule has 2 aliphatic heterocycles. The summed E-state index contributed by atoms with van der Waals surface area (Å²) in [4.78, 5) is 56.5. The summed E-state index contributed by atoms with van der Waals surface area (Å²) in [6, 6.07) is 13.6. The fourth-order valence-electron chi connectivity index (χ4n) is 5.98. The number of likely N-dealkylation sites (tertiary alicyclic amines) is 1. The Bertz CT molecular complexity index is 1540. The van der Waals surface area contributed by atoms with Gasteiger partial charge in [-0.2, -0.15) is 0 Å². The number of aromatic nitrogens is 3. The molecule has 2 N–H and O–H groups in total.